The summed E-state index contributed by atoms with van der Waals surface area (Å²) in [5, 5.41) is 0.916. The first kappa shape index (κ1) is 69.5. The number of alkyl halides is 6. The maximum absolute atomic E-state index is 13.4. The van der Waals surface area contributed by atoms with Crippen molar-refractivity contribution in [2.45, 2.75) is 167 Å². The van der Waals surface area contributed by atoms with Gasteiger partial charge in [0.05, 0.1) is 26.4 Å². The predicted octanol–water partition coefficient (Wildman–Crippen LogP) is 3.54. The van der Waals surface area contributed by atoms with Crippen molar-refractivity contribution in [2.24, 2.45) is 23.7 Å². The van der Waals surface area contributed by atoms with E-state index in [9.17, 15) is 71.5 Å². The van der Waals surface area contributed by atoms with Gasteiger partial charge in [0.2, 0.25) is 12.3 Å². The number of amides is 6. The fourth-order valence-corrected chi connectivity index (χ4v) is 11.8. The molecular weight excluding hydrogens is 1140 g/mol. The number of carbonyl (C=O) groups excluding carboxylic acids is 4. The summed E-state index contributed by atoms with van der Waals surface area (Å²) in [5.74, 6) is 2.17. The van der Waals surface area contributed by atoms with E-state index in [-0.39, 0.29) is 65.8 Å². The molecule has 2 heterocycles. The molecule has 452 valence electrons. The van der Waals surface area contributed by atoms with Crippen molar-refractivity contribution >= 4 is 57.1 Å². The van der Waals surface area contributed by atoms with Gasteiger partial charge in [0, 0.05) is 50.3 Å². The molecule has 7 rings (SSSR count). The van der Waals surface area contributed by atoms with Crippen LogP contribution >= 0.6 is 0 Å². The van der Waals surface area contributed by atoms with Gasteiger partial charge in [0.1, 0.15) is 18.1 Å². The van der Waals surface area contributed by atoms with Gasteiger partial charge in [-0.25, -0.2) is 44.8 Å². The van der Waals surface area contributed by atoms with E-state index in [4.69, 9.17) is 9.47 Å². The molecule has 0 aromatic heterocycles. The Hall–Kier alpha value is -3.03. The van der Waals surface area contributed by atoms with Gasteiger partial charge >= 0.3 is 64.3 Å². The van der Waals surface area contributed by atoms with Crippen LogP contribution in [-0.2, 0) is 51.8 Å². The van der Waals surface area contributed by atoms with Crippen LogP contribution in [0.15, 0.2) is 35.2 Å². The molecule has 4 N–H and O–H groups in total. The van der Waals surface area contributed by atoms with Crippen molar-refractivity contribution in [2.75, 3.05) is 65.8 Å². The van der Waals surface area contributed by atoms with Crippen LogP contribution in [0.1, 0.15) is 116 Å². The molecule has 80 heavy (non-hydrogen) atoms. The third-order valence-electron chi connectivity index (χ3n) is 15.5. The zero-order chi connectivity index (χ0) is 57.8. The molecule has 20 nitrogen and oxygen atoms in total. The molecule has 30 heteroatoms. The second-order valence-electron chi connectivity index (χ2n) is 21.3. The minimum atomic E-state index is -6.20. The Labute approximate surface area is 492 Å². The molecule has 1 aromatic carbocycles. The number of nitrogens with one attached hydrogen (secondary N) is 4. The second-order valence-corrected chi connectivity index (χ2v) is 24.7. The SMILES string of the molecule is O=C(NC1CCC(CC2CCC(NC(=O)N3CCOCC3)CC2)CC1)OCC(F)C(F)(F)S(=O)(=O)[O-].O=C(NC1CCC(CC2CCC(NC(=O)N3CCOCC3)CC2)CC1)OCC(F)C(F)(F)S(=O)(=O)[O-].[Na+].[SH2+]c1ccccc1. The van der Waals surface area contributed by atoms with Gasteiger partial charge < -0.3 is 59.1 Å². The second kappa shape index (κ2) is 33.5. The Kier molecular flexibility index (Phi) is 29.1. The average molecular weight is 1220 g/mol. The number of benzene rings is 1. The van der Waals surface area contributed by atoms with E-state index in [0.29, 0.717) is 102 Å². The van der Waals surface area contributed by atoms with Gasteiger partial charge in [-0.15, -0.1) is 0 Å². The molecule has 6 aliphatic rings. The van der Waals surface area contributed by atoms with Crippen molar-refractivity contribution in [1.82, 2.24) is 31.1 Å². The van der Waals surface area contributed by atoms with Crippen molar-refractivity contribution in [1.29, 1.82) is 0 Å². The van der Waals surface area contributed by atoms with Crippen molar-refractivity contribution < 1.29 is 120 Å². The van der Waals surface area contributed by atoms with Gasteiger partial charge in [0.25, 0.3) is 0 Å². The summed E-state index contributed by atoms with van der Waals surface area (Å²) in [4.78, 5) is 53.0. The molecule has 0 radical (unpaired) electrons. The van der Waals surface area contributed by atoms with E-state index in [1.807, 2.05) is 30.3 Å². The number of hydrogen-bond donors (Lipinski definition) is 4. The minimum absolute atomic E-state index is 0. The van der Waals surface area contributed by atoms with Crippen LogP contribution in [0.3, 0.4) is 0 Å². The van der Waals surface area contributed by atoms with Crippen LogP contribution in [-0.4, -0.2) is 173 Å². The quantitative estimate of drug-likeness (QED) is 0.0799. The van der Waals surface area contributed by atoms with E-state index in [1.165, 1.54) is 0 Å². The number of nitrogens with zero attached hydrogens (tertiary/aromatic N) is 2. The standard InChI is InChI=1S/2C22H36F3N3O7S.C6H6S.Na/c2*23-19(22(24,25)36(31,32)33)14-35-21(30)27-18-7-3-16(4-8-18)13-15-1-5-17(6-2-15)26-20(29)28-9-11-34-12-10-28;7-6-4-2-1-3-5-6;/h2*15-19H,1-14H2,(H,26,29)(H,27,30)(H,31,32,33);1-5,7H;/q;;;+1/p-1. The Balaban J connectivity index is 0.000000303. The van der Waals surface area contributed by atoms with Gasteiger partial charge in [-0.3, -0.25) is 0 Å². The number of morpholine rings is 2. The van der Waals surface area contributed by atoms with Crippen molar-refractivity contribution in [3.63, 3.8) is 0 Å². The summed E-state index contributed by atoms with van der Waals surface area (Å²) in [6.07, 6.45) is 7.14. The Morgan fingerprint density at radius 3 is 1.06 bits per heavy atom. The molecule has 6 amide bonds. The summed E-state index contributed by atoms with van der Waals surface area (Å²) < 4.78 is 161. The Morgan fingerprint density at radius 2 is 0.812 bits per heavy atom. The molecule has 6 fully saturated rings. The molecule has 2 aliphatic heterocycles. The third-order valence-corrected chi connectivity index (χ3v) is 17.7. The smallest absolute Gasteiger partial charge is 0.743 e. The summed E-state index contributed by atoms with van der Waals surface area (Å²) in [7, 11) is -12.4. The number of urea groups is 2. The van der Waals surface area contributed by atoms with E-state index in [2.05, 4.69) is 43.4 Å². The first-order chi connectivity index (χ1) is 37.3. The molecule has 4 aliphatic carbocycles. The molecule has 2 unspecified atom stereocenters. The first-order valence-corrected chi connectivity index (χ1v) is 30.5. The van der Waals surface area contributed by atoms with Crippen molar-refractivity contribution in [3.8, 4) is 0 Å². The van der Waals surface area contributed by atoms with Gasteiger partial charge in [-0.2, -0.15) is 17.6 Å². The first-order valence-electron chi connectivity index (χ1n) is 27.1. The maximum Gasteiger partial charge on any atom is 1.00 e. The predicted molar refractivity (Wildman–Crippen MR) is 277 cm³/mol. The minimum Gasteiger partial charge on any atom is -0.743 e. The molecule has 0 spiro atoms. The normalized spacial score (nSPS) is 26.6. The fraction of sp³-hybridized carbons (Fsp3) is 0.800. The Morgan fingerprint density at radius 1 is 0.537 bits per heavy atom. The third kappa shape index (κ3) is 23.2. The average Bonchev–Trinajstić information content (AvgIpc) is 3.42. The number of halogens is 6. The van der Waals surface area contributed by atoms with E-state index < -0.39 is 68.5 Å². The zero-order valence-electron chi connectivity index (χ0n) is 45.2. The summed E-state index contributed by atoms with van der Waals surface area (Å²) in [6, 6.07) is 9.82. The van der Waals surface area contributed by atoms with E-state index >= 15 is 0 Å². The molecule has 1 aromatic rings. The van der Waals surface area contributed by atoms with E-state index in [1.54, 1.807) is 9.80 Å². The Bertz CT molecular complexity index is 2130. The van der Waals surface area contributed by atoms with Gasteiger partial charge in [0.15, 0.2) is 20.2 Å². The van der Waals surface area contributed by atoms with Crippen LogP contribution in [0.25, 0.3) is 0 Å². The summed E-state index contributed by atoms with van der Waals surface area (Å²) in [6.45, 7) is 1.70. The monoisotopic (exact) mass is 1220 g/mol. The molecule has 2 atom stereocenters. The van der Waals surface area contributed by atoms with Gasteiger partial charge in [-0.1, -0.05) is 18.2 Å². The van der Waals surface area contributed by atoms with Crippen LogP contribution < -0.4 is 50.8 Å². The number of ether oxygens (including phenoxy) is 4. The number of carbonyl (C=O) groups is 4. The molecule has 2 saturated heterocycles. The van der Waals surface area contributed by atoms with E-state index in [0.717, 1.165) is 94.8 Å². The molecule has 4 saturated carbocycles. The number of alkyl carbamates (subject to hydrolysis) is 2. The van der Waals surface area contributed by atoms with Crippen LogP contribution in [0.5, 0.6) is 0 Å². The number of hydrogen-bond acceptors (Lipinski definition) is 14. The van der Waals surface area contributed by atoms with Crippen LogP contribution in [0, 0.1) is 23.7 Å². The van der Waals surface area contributed by atoms with Crippen molar-refractivity contribution in [3.05, 3.63) is 30.3 Å². The fourth-order valence-electron chi connectivity index (χ4n) is 10.8. The molecule has 0 bridgehead atoms. The maximum atomic E-state index is 13.4. The summed E-state index contributed by atoms with van der Waals surface area (Å²) >= 11 is 3.36. The zero-order valence-corrected chi connectivity index (χ0v) is 49.8. The van der Waals surface area contributed by atoms with Crippen LogP contribution in [0.2, 0.25) is 0 Å². The van der Waals surface area contributed by atoms with Crippen LogP contribution in [0.4, 0.5) is 45.5 Å². The number of rotatable bonds is 16. The summed E-state index contributed by atoms with van der Waals surface area (Å²) in [5.41, 5.74) is 0. The largest absolute Gasteiger partial charge is 1.00 e. The molecular formula is C50H77F6N6NaO14S3. The van der Waals surface area contributed by atoms with Gasteiger partial charge in [-0.05, 0) is 164 Å². The topological polar surface area (TPSA) is 274 Å².